The summed E-state index contributed by atoms with van der Waals surface area (Å²) in [5.41, 5.74) is 7.28. The van der Waals surface area contributed by atoms with Crippen LogP contribution >= 0.6 is 0 Å². The number of hydrogen-bond donors (Lipinski definition) is 1. The van der Waals surface area contributed by atoms with Crippen molar-refractivity contribution in [2.45, 2.75) is 12.6 Å². The Hall–Kier alpha value is -2.73. The second-order valence-corrected chi connectivity index (χ2v) is 5.86. The van der Waals surface area contributed by atoms with E-state index in [-0.39, 0.29) is 5.91 Å². The van der Waals surface area contributed by atoms with Crippen molar-refractivity contribution in [3.8, 4) is 0 Å². The van der Waals surface area contributed by atoms with Crippen molar-refractivity contribution in [2.75, 3.05) is 19.6 Å². The van der Waals surface area contributed by atoms with Gasteiger partial charge in [-0.15, -0.1) is 0 Å². The van der Waals surface area contributed by atoms with Crippen molar-refractivity contribution >= 4 is 11.8 Å². The van der Waals surface area contributed by atoms with Gasteiger partial charge in [0.05, 0.1) is 0 Å². The molecule has 1 fully saturated rings. The molecule has 1 aromatic carbocycles. The first-order valence-electron chi connectivity index (χ1n) is 7.92. The number of carbonyl (C=O) groups excluding carboxylic acids is 2. The maximum absolute atomic E-state index is 12.6. The molecule has 0 unspecified atom stereocenters. The Balaban J connectivity index is 1.71. The highest BCUT2D eigenvalue weighted by atomic mass is 16.2. The Morgan fingerprint density at radius 1 is 1.08 bits per heavy atom. The van der Waals surface area contributed by atoms with Crippen molar-refractivity contribution < 1.29 is 9.59 Å². The molecule has 0 saturated carbocycles. The van der Waals surface area contributed by atoms with Gasteiger partial charge in [0.25, 0.3) is 5.91 Å². The molecular formula is C18H20N4O2. The Morgan fingerprint density at radius 3 is 2.46 bits per heavy atom. The molecule has 2 amide bonds. The molecule has 124 valence electrons. The van der Waals surface area contributed by atoms with Crippen molar-refractivity contribution in [1.29, 1.82) is 0 Å². The average molecular weight is 324 g/mol. The van der Waals surface area contributed by atoms with Crippen LogP contribution in [0.5, 0.6) is 0 Å². The van der Waals surface area contributed by atoms with Crippen LogP contribution in [0.15, 0.2) is 54.9 Å². The molecule has 24 heavy (non-hydrogen) atoms. The molecular weight excluding hydrogens is 304 g/mol. The fourth-order valence-electron chi connectivity index (χ4n) is 2.96. The normalized spacial score (nSPS) is 18.3. The van der Waals surface area contributed by atoms with Crippen LogP contribution in [0.1, 0.15) is 15.9 Å². The lowest BCUT2D eigenvalue weighted by atomic mass is 10.1. The minimum absolute atomic E-state index is 0.0944. The van der Waals surface area contributed by atoms with Crippen LogP contribution in [-0.4, -0.2) is 52.3 Å². The van der Waals surface area contributed by atoms with E-state index in [2.05, 4.69) is 4.98 Å². The quantitative estimate of drug-likeness (QED) is 0.906. The third kappa shape index (κ3) is 3.60. The molecule has 1 atom stereocenters. The number of primary amides is 1. The SMILES string of the molecule is NC(=O)[C@H]1CN(C(=O)c2ccncc2)CCN1Cc1ccccc1. The summed E-state index contributed by atoms with van der Waals surface area (Å²) < 4.78 is 0. The standard InChI is InChI=1S/C18H20N4O2/c19-17(23)16-13-22(18(24)15-6-8-20-9-7-15)11-10-21(16)12-14-4-2-1-3-5-14/h1-9,16H,10-13H2,(H2,19,23)/t16-/m1/s1. The zero-order valence-electron chi connectivity index (χ0n) is 13.3. The summed E-state index contributed by atoms with van der Waals surface area (Å²) in [7, 11) is 0. The topological polar surface area (TPSA) is 79.5 Å². The summed E-state index contributed by atoms with van der Waals surface area (Å²) in [6, 6.07) is 12.8. The summed E-state index contributed by atoms with van der Waals surface area (Å²) >= 11 is 0. The fourth-order valence-corrected chi connectivity index (χ4v) is 2.96. The molecule has 1 aliphatic rings. The van der Waals surface area contributed by atoms with E-state index in [1.165, 1.54) is 0 Å². The van der Waals surface area contributed by atoms with Gasteiger partial charge in [-0.1, -0.05) is 30.3 Å². The Kier molecular flexibility index (Phi) is 4.86. The molecule has 2 N–H and O–H groups in total. The lowest BCUT2D eigenvalue weighted by Crippen LogP contribution is -2.58. The molecule has 0 radical (unpaired) electrons. The Morgan fingerprint density at radius 2 is 1.79 bits per heavy atom. The first-order valence-corrected chi connectivity index (χ1v) is 7.92. The lowest BCUT2D eigenvalue weighted by molar-refractivity contribution is -0.125. The molecule has 1 saturated heterocycles. The maximum Gasteiger partial charge on any atom is 0.254 e. The van der Waals surface area contributed by atoms with Crippen molar-refractivity contribution in [3.63, 3.8) is 0 Å². The van der Waals surface area contributed by atoms with Crippen LogP contribution < -0.4 is 5.73 Å². The van der Waals surface area contributed by atoms with Gasteiger partial charge in [0, 0.05) is 44.1 Å². The third-order valence-electron chi connectivity index (χ3n) is 4.26. The third-order valence-corrected chi connectivity index (χ3v) is 4.26. The number of aromatic nitrogens is 1. The fraction of sp³-hybridized carbons (Fsp3) is 0.278. The van der Waals surface area contributed by atoms with Crippen LogP contribution in [0.2, 0.25) is 0 Å². The van der Waals surface area contributed by atoms with E-state index in [0.29, 0.717) is 31.7 Å². The zero-order valence-corrected chi connectivity index (χ0v) is 13.3. The van der Waals surface area contributed by atoms with Gasteiger partial charge in [-0.2, -0.15) is 0 Å². The highest BCUT2D eigenvalue weighted by molar-refractivity contribution is 5.94. The first kappa shape index (κ1) is 16.1. The van der Waals surface area contributed by atoms with Crippen molar-refractivity contribution in [2.24, 2.45) is 5.73 Å². The van der Waals surface area contributed by atoms with Crippen LogP contribution in [0.25, 0.3) is 0 Å². The van der Waals surface area contributed by atoms with Gasteiger partial charge in [0.1, 0.15) is 6.04 Å². The van der Waals surface area contributed by atoms with Gasteiger partial charge in [-0.05, 0) is 17.7 Å². The van der Waals surface area contributed by atoms with E-state index in [4.69, 9.17) is 5.73 Å². The summed E-state index contributed by atoms with van der Waals surface area (Å²) in [6.45, 7) is 2.13. The smallest absolute Gasteiger partial charge is 0.254 e. The van der Waals surface area contributed by atoms with E-state index in [9.17, 15) is 9.59 Å². The Labute approximate surface area is 140 Å². The number of pyridine rings is 1. The molecule has 2 heterocycles. The van der Waals surface area contributed by atoms with Gasteiger partial charge >= 0.3 is 0 Å². The molecule has 0 aliphatic carbocycles. The molecule has 6 heteroatoms. The van der Waals surface area contributed by atoms with Gasteiger partial charge in [0.15, 0.2) is 0 Å². The van der Waals surface area contributed by atoms with Crippen LogP contribution in [-0.2, 0) is 11.3 Å². The second-order valence-electron chi connectivity index (χ2n) is 5.86. The predicted molar refractivity (Wildman–Crippen MR) is 90.0 cm³/mol. The van der Waals surface area contributed by atoms with E-state index in [0.717, 1.165) is 5.56 Å². The van der Waals surface area contributed by atoms with Gasteiger partial charge in [0.2, 0.25) is 5.91 Å². The minimum atomic E-state index is -0.482. The second kappa shape index (κ2) is 7.23. The zero-order chi connectivity index (χ0) is 16.9. The molecule has 0 bridgehead atoms. The van der Waals surface area contributed by atoms with Gasteiger partial charge < -0.3 is 10.6 Å². The average Bonchev–Trinajstić information content (AvgIpc) is 2.63. The molecule has 1 aromatic heterocycles. The van der Waals surface area contributed by atoms with Crippen LogP contribution in [0.4, 0.5) is 0 Å². The largest absolute Gasteiger partial charge is 0.368 e. The molecule has 1 aliphatic heterocycles. The van der Waals surface area contributed by atoms with Crippen molar-refractivity contribution in [3.05, 3.63) is 66.0 Å². The van der Waals surface area contributed by atoms with E-state index >= 15 is 0 Å². The van der Waals surface area contributed by atoms with E-state index < -0.39 is 11.9 Å². The number of rotatable bonds is 4. The molecule has 2 aromatic rings. The maximum atomic E-state index is 12.6. The summed E-state index contributed by atoms with van der Waals surface area (Å²) in [4.78, 5) is 32.1. The first-order chi connectivity index (χ1) is 11.6. The van der Waals surface area contributed by atoms with Gasteiger partial charge in [-0.25, -0.2) is 0 Å². The van der Waals surface area contributed by atoms with Crippen LogP contribution in [0.3, 0.4) is 0 Å². The number of benzene rings is 1. The number of nitrogens with zero attached hydrogens (tertiary/aromatic N) is 3. The lowest BCUT2D eigenvalue weighted by Gasteiger charge is -2.40. The molecule has 3 rings (SSSR count). The van der Waals surface area contributed by atoms with Gasteiger partial charge in [-0.3, -0.25) is 19.5 Å². The Bertz CT molecular complexity index is 705. The van der Waals surface area contributed by atoms with E-state index in [1.54, 1.807) is 29.4 Å². The highest BCUT2D eigenvalue weighted by Gasteiger charge is 2.33. The predicted octanol–water partition coefficient (Wildman–Crippen LogP) is 0.894. The number of nitrogens with two attached hydrogens (primary N) is 1. The van der Waals surface area contributed by atoms with E-state index in [1.807, 2.05) is 35.2 Å². The minimum Gasteiger partial charge on any atom is -0.368 e. The molecule has 6 nitrogen and oxygen atoms in total. The molecule has 0 spiro atoms. The summed E-state index contributed by atoms with van der Waals surface area (Å²) in [5, 5.41) is 0. The number of carbonyl (C=O) groups is 2. The summed E-state index contributed by atoms with van der Waals surface area (Å²) in [5.74, 6) is -0.499. The summed E-state index contributed by atoms with van der Waals surface area (Å²) in [6.07, 6.45) is 3.18. The van der Waals surface area contributed by atoms with Crippen molar-refractivity contribution in [1.82, 2.24) is 14.8 Å². The number of piperazine rings is 1. The monoisotopic (exact) mass is 324 g/mol. The van der Waals surface area contributed by atoms with Crippen LogP contribution in [0, 0.1) is 0 Å². The number of amides is 2. The number of hydrogen-bond acceptors (Lipinski definition) is 4. The highest BCUT2D eigenvalue weighted by Crippen LogP contribution is 2.16.